The Labute approximate surface area is 49.1 Å². The van der Waals surface area contributed by atoms with Crippen molar-refractivity contribution in [1.29, 1.82) is 0 Å². The number of Topliss-reactive ketones (excluding diaryl/α,β-unsaturated/α-hetero) is 1. The van der Waals surface area contributed by atoms with Gasteiger partial charge in [0.25, 0.3) is 0 Å². The number of carbonyl (C=O) groups excluding carboxylic acids is 1. The maximum atomic E-state index is 10.7. The van der Waals surface area contributed by atoms with Crippen LogP contribution in [0.1, 0.15) is 13.3 Å². The van der Waals surface area contributed by atoms with E-state index in [0.717, 1.165) is 6.42 Å². The summed E-state index contributed by atoms with van der Waals surface area (Å²) < 4.78 is 0. The van der Waals surface area contributed by atoms with Crippen molar-refractivity contribution in [1.82, 2.24) is 0 Å². The number of ketones is 1. The first-order valence-corrected chi connectivity index (χ1v) is 2.98. The van der Waals surface area contributed by atoms with Gasteiger partial charge in [0, 0.05) is 5.92 Å². The van der Waals surface area contributed by atoms with Gasteiger partial charge in [0.1, 0.15) is 5.78 Å². The molecule has 2 nitrogen and oxygen atoms in total. The zero-order valence-corrected chi connectivity index (χ0v) is 5.05. The second-order valence-corrected chi connectivity index (χ2v) is 2.49. The lowest BCUT2D eigenvalue weighted by Crippen LogP contribution is -2.15. The Bertz CT molecular complexity index is 111. The van der Waals surface area contributed by atoms with Crippen LogP contribution in [0.25, 0.3) is 0 Å². The molecule has 0 amide bonds. The molecule has 0 aromatic rings. The molecule has 1 aliphatic carbocycles. The second-order valence-electron chi connectivity index (χ2n) is 2.49. The number of rotatable bonds is 2. The quantitative estimate of drug-likeness (QED) is 0.554. The fourth-order valence-electron chi connectivity index (χ4n) is 0.922. The first-order chi connectivity index (χ1) is 3.75. The molecule has 2 unspecified atom stereocenters. The fourth-order valence-corrected chi connectivity index (χ4v) is 0.922. The van der Waals surface area contributed by atoms with Crippen LogP contribution in [-0.4, -0.2) is 12.3 Å². The van der Waals surface area contributed by atoms with Crippen molar-refractivity contribution in [2.75, 3.05) is 6.54 Å². The van der Waals surface area contributed by atoms with Crippen molar-refractivity contribution in [2.45, 2.75) is 13.3 Å². The molecule has 1 aliphatic rings. The third-order valence-electron chi connectivity index (χ3n) is 1.72. The average Bonchev–Trinajstić information content (AvgIpc) is 2.45. The second kappa shape index (κ2) is 1.86. The number of hydrogen-bond donors (Lipinski definition) is 1. The van der Waals surface area contributed by atoms with Crippen LogP contribution in [0.2, 0.25) is 0 Å². The van der Waals surface area contributed by atoms with Gasteiger partial charge in [0.05, 0.1) is 6.54 Å². The largest absolute Gasteiger partial charge is 0.324 e. The molecule has 1 rings (SSSR count). The van der Waals surface area contributed by atoms with Gasteiger partial charge in [0.2, 0.25) is 0 Å². The van der Waals surface area contributed by atoms with E-state index in [1.54, 1.807) is 0 Å². The summed E-state index contributed by atoms with van der Waals surface area (Å²) in [5, 5.41) is 0. The van der Waals surface area contributed by atoms with Crippen LogP contribution in [0.15, 0.2) is 0 Å². The summed E-state index contributed by atoms with van der Waals surface area (Å²) in [5.41, 5.74) is 5.13. The van der Waals surface area contributed by atoms with Crippen LogP contribution in [0, 0.1) is 11.8 Å². The SMILES string of the molecule is CC1CC1C(=O)CN. The van der Waals surface area contributed by atoms with Crippen LogP contribution in [0.3, 0.4) is 0 Å². The van der Waals surface area contributed by atoms with Crippen molar-refractivity contribution in [3.05, 3.63) is 0 Å². The van der Waals surface area contributed by atoms with Crippen molar-refractivity contribution < 1.29 is 4.79 Å². The summed E-state index contributed by atoms with van der Waals surface area (Å²) in [4.78, 5) is 10.7. The molecule has 1 saturated carbocycles. The number of nitrogens with two attached hydrogens (primary N) is 1. The highest BCUT2D eigenvalue weighted by Gasteiger charge is 2.37. The van der Waals surface area contributed by atoms with Crippen LogP contribution < -0.4 is 5.73 Å². The monoisotopic (exact) mass is 113 g/mol. The third-order valence-corrected chi connectivity index (χ3v) is 1.72. The van der Waals surface area contributed by atoms with Gasteiger partial charge in [-0.3, -0.25) is 4.79 Å². The first-order valence-electron chi connectivity index (χ1n) is 2.98. The highest BCUT2D eigenvalue weighted by atomic mass is 16.1. The van der Waals surface area contributed by atoms with Gasteiger partial charge in [0.15, 0.2) is 0 Å². The predicted molar refractivity (Wildman–Crippen MR) is 31.3 cm³/mol. The molecule has 0 aliphatic heterocycles. The predicted octanol–water partition coefficient (Wildman–Crippen LogP) is 0.170. The molecule has 8 heavy (non-hydrogen) atoms. The number of hydrogen-bond acceptors (Lipinski definition) is 2. The van der Waals surface area contributed by atoms with Crippen molar-refractivity contribution >= 4 is 5.78 Å². The summed E-state index contributed by atoms with van der Waals surface area (Å²) in [6, 6.07) is 0. The normalized spacial score (nSPS) is 34.8. The van der Waals surface area contributed by atoms with Gasteiger partial charge >= 0.3 is 0 Å². The van der Waals surface area contributed by atoms with Gasteiger partial charge in [-0.05, 0) is 12.3 Å². The van der Waals surface area contributed by atoms with E-state index in [1.807, 2.05) is 0 Å². The minimum Gasteiger partial charge on any atom is -0.324 e. The topological polar surface area (TPSA) is 43.1 Å². The van der Waals surface area contributed by atoms with Gasteiger partial charge < -0.3 is 5.73 Å². The molecule has 2 atom stereocenters. The molecule has 0 heterocycles. The third kappa shape index (κ3) is 0.892. The molecule has 2 N–H and O–H groups in total. The summed E-state index contributed by atoms with van der Waals surface area (Å²) in [7, 11) is 0. The molecule has 0 bridgehead atoms. The smallest absolute Gasteiger partial charge is 0.149 e. The minimum atomic E-state index is 0.231. The lowest BCUT2D eigenvalue weighted by atomic mass is 10.2. The standard InChI is InChI=1S/C6H11NO/c1-4-2-5(4)6(8)3-7/h4-5H,2-3,7H2,1H3. The van der Waals surface area contributed by atoms with Gasteiger partial charge in [-0.15, -0.1) is 0 Å². The maximum Gasteiger partial charge on any atom is 0.149 e. The molecular formula is C6H11NO. The molecule has 0 saturated heterocycles. The van der Waals surface area contributed by atoms with Crippen LogP contribution in [0.5, 0.6) is 0 Å². The highest BCUT2D eigenvalue weighted by molar-refractivity contribution is 5.85. The van der Waals surface area contributed by atoms with Crippen LogP contribution >= 0.6 is 0 Å². The summed E-state index contributed by atoms with van der Waals surface area (Å²) in [6.07, 6.45) is 1.07. The zero-order chi connectivity index (χ0) is 6.15. The van der Waals surface area contributed by atoms with Crippen LogP contribution in [0.4, 0.5) is 0 Å². The Kier molecular flexibility index (Phi) is 1.34. The molecule has 0 radical (unpaired) electrons. The van der Waals surface area contributed by atoms with Gasteiger partial charge in [-0.25, -0.2) is 0 Å². The molecular weight excluding hydrogens is 102 g/mol. The van der Waals surface area contributed by atoms with E-state index < -0.39 is 0 Å². The van der Waals surface area contributed by atoms with E-state index in [9.17, 15) is 4.79 Å². The Morgan fingerprint density at radius 2 is 2.38 bits per heavy atom. The first kappa shape index (κ1) is 5.76. The van der Waals surface area contributed by atoms with Crippen LogP contribution in [-0.2, 0) is 4.79 Å². The fraction of sp³-hybridized carbons (Fsp3) is 0.833. The van der Waals surface area contributed by atoms with Crippen molar-refractivity contribution in [3.63, 3.8) is 0 Å². The van der Waals surface area contributed by atoms with E-state index in [4.69, 9.17) is 5.73 Å². The van der Waals surface area contributed by atoms with E-state index in [1.165, 1.54) is 0 Å². The lowest BCUT2D eigenvalue weighted by Gasteiger charge is -1.88. The van der Waals surface area contributed by atoms with E-state index in [-0.39, 0.29) is 12.3 Å². The Balaban J connectivity index is 2.28. The Morgan fingerprint density at radius 1 is 1.88 bits per heavy atom. The van der Waals surface area contributed by atoms with E-state index in [0.29, 0.717) is 11.8 Å². The zero-order valence-electron chi connectivity index (χ0n) is 5.05. The molecule has 0 aromatic heterocycles. The Morgan fingerprint density at radius 3 is 2.50 bits per heavy atom. The van der Waals surface area contributed by atoms with Crippen molar-refractivity contribution in [3.8, 4) is 0 Å². The molecule has 2 heteroatoms. The molecule has 0 aromatic carbocycles. The van der Waals surface area contributed by atoms with Crippen molar-refractivity contribution in [2.24, 2.45) is 17.6 Å². The summed E-state index contributed by atoms with van der Waals surface area (Å²) in [6.45, 7) is 2.31. The maximum absolute atomic E-state index is 10.7. The lowest BCUT2D eigenvalue weighted by molar-refractivity contribution is -0.119. The van der Waals surface area contributed by atoms with Gasteiger partial charge in [-0.1, -0.05) is 6.92 Å². The van der Waals surface area contributed by atoms with Gasteiger partial charge in [-0.2, -0.15) is 0 Å². The highest BCUT2D eigenvalue weighted by Crippen LogP contribution is 2.37. The summed E-state index contributed by atoms with van der Waals surface area (Å²) >= 11 is 0. The molecule has 46 valence electrons. The minimum absolute atomic E-state index is 0.231. The Hall–Kier alpha value is -0.370. The summed E-state index contributed by atoms with van der Waals surface area (Å²) in [5.74, 6) is 1.17. The number of carbonyl (C=O) groups is 1. The molecule has 1 fully saturated rings. The van der Waals surface area contributed by atoms with E-state index in [2.05, 4.69) is 6.92 Å². The molecule has 0 spiro atoms. The average molecular weight is 113 g/mol. The van der Waals surface area contributed by atoms with E-state index >= 15 is 0 Å².